The highest BCUT2D eigenvalue weighted by Crippen LogP contribution is 2.05. The highest BCUT2D eigenvalue weighted by atomic mass is 32.2. The maximum absolute atomic E-state index is 4.22. The van der Waals surface area contributed by atoms with Crippen LogP contribution in [0.2, 0.25) is 0 Å². The summed E-state index contributed by atoms with van der Waals surface area (Å²) in [6.45, 7) is 0. The quantitative estimate of drug-likeness (QED) is 0.592. The lowest BCUT2D eigenvalue weighted by molar-refractivity contribution is 0.393. The van der Waals surface area contributed by atoms with Crippen LogP contribution >= 0.6 is 11.8 Å². The van der Waals surface area contributed by atoms with Gasteiger partial charge in [0.05, 0.1) is 6.20 Å². The zero-order valence-electron chi connectivity index (χ0n) is 5.88. The van der Waals surface area contributed by atoms with E-state index in [1.807, 2.05) is 17.8 Å². The summed E-state index contributed by atoms with van der Waals surface area (Å²) in [5.74, 6) is 1.15. The first kappa shape index (κ1) is 8.07. The summed E-state index contributed by atoms with van der Waals surface area (Å²) in [6, 6.07) is 0. The lowest BCUT2D eigenvalue weighted by atomic mass is 10.5. The first-order valence-electron chi connectivity index (χ1n) is 3.14. The molecule has 58 valence electrons. The second kappa shape index (κ2) is 5.73. The van der Waals surface area contributed by atoms with Crippen LogP contribution in [0.4, 0.5) is 0 Å². The zero-order valence-corrected chi connectivity index (χ0v) is 6.70. The highest BCUT2D eigenvalue weighted by molar-refractivity contribution is 8.02. The van der Waals surface area contributed by atoms with E-state index in [1.165, 1.54) is 12.5 Å². The Labute approximate surface area is 69.2 Å². The van der Waals surface area contributed by atoms with Gasteiger partial charge in [-0.15, -0.1) is 16.9 Å². The summed E-state index contributed by atoms with van der Waals surface area (Å²) in [5, 5.41) is 8.50. The van der Waals surface area contributed by atoms with Crippen LogP contribution in [0.25, 0.3) is 0 Å². The molecule has 0 fully saturated rings. The molecule has 11 heavy (non-hydrogen) atoms. The Balaban J connectivity index is 0.000000112. The molecule has 4 heteroatoms. The monoisotopic (exact) mass is 168 g/mol. The molecule has 1 aromatic heterocycles. The Morgan fingerprint density at radius 1 is 1.36 bits per heavy atom. The number of aromatic nitrogens is 2. The molecule has 0 amide bonds. The van der Waals surface area contributed by atoms with Gasteiger partial charge in [0.25, 0.3) is 0 Å². The van der Waals surface area contributed by atoms with Crippen molar-refractivity contribution in [1.82, 2.24) is 10.4 Å². The second-order valence-electron chi connectivity index (χ2n) is 1.68. The van der Waals surface area contributed by atoms with Crippen LogP contribution in [0.5, 0.6) is 0 Å². The molecule has 1 aliphatic rings. The first-order chi connectivity index (χ1) is 5.50. The van der Waals surface area contributed by atoms with Gasteiger partial charge in [0.15, 0.2) is 0 Å². The van der Waals surface area contributed by atoms with E-state index >= 15 is 0 Å². The normalized spacial score (nSPS) is 13.8. The number of nitrogens with zero attached hydrogens (tertiary/aromatic N) is 2. The zero-order chi connectivity index (χ0) is 7.78. The summed E-state index contributed by atoms with van der Waals surface area (Å²) >= 11 is 1.83. The summed E-state index contributed by atoms with van der Waals surface area (Å²) in [7, 11) is 0. The van der Waals surface area contributed by atoms with Gasteiger partial charge in [0, 0.05) is 11.0 Å². The van der Waals surface area contributed by atoms with E-state index in [4.69, 9.17) is 0 Å². The van der Waals surface area contributed by atoms with E-state index in [9.17, 15) is 0 Å². The molecule has 0 aliphatic carbocycles. The van der Waals surface area contributed by atoms with E-state index < -0.39 is 0 Å². The van der Waals surface area contributed by atoms with Crippen molar-refractivity contribution in [3.63, 3.8) is 0 Å². The number of hydrogen-bond donors (Lipinski definition) is 0. The van der Waals surface area contributed by atoms with Gasteiger partial charge >= 0.3 is 0 Å². The Morgan fingerprint density at radius 3 is 2.55 bits per heavy atom. The third-order valence-electron chi connectivity index (χ3n) is 0.897. The Bertz CT molecular complexity index is 189. The third kappa shape index (κ3) is 4.38. The topological polar surface area (TPSA) is 38.9 Å². The van der Waals surface area contributed by atoms with Crippen molar-refractivity contribution < 1.29 is 4.52 Å². The molecule has 1 aromatic rings. The van der Waals surface area contributed by atoms with Crippen molar-refractivity contribution in [2.45, 2.75) is 0 Å². The van der Waals surface area contributed by atoms with Gasteiger partial charge in [-0.05, 0) is 5.41 Å². The second-order valence-corrected chi connectivity index (χ2v) is 2.62. The summed E-state index contributed by atoms with van der Waals surface area (Å²) in [4.78, 5) is 0. The van der Waals surface area contributed by atoms with Crippen molar-refractivity contribution in [3.8, 4) is 0 Å². The summed E-state index contributed by atoms with van der Waals surface area (Å²) in [5.41, 5.74) is 0. The number of hydrogen-bond acceptors (Lipinski definition) is 4. The number of thioether (sulfide) groups is 1. The predicted octanol–water partition coefficient (Wildman–Crippen LogP) is 1.87. The van der Waals surface area contributed by atoms with Crippen LogP contribution in [0.1, 0.15) is 0 Å². The maximum Gasteiger partial charge on any atom is 0.144 e. The molecule has 0 radical (unpaired) electrons. The van der Waals surface area contributed by atoms with Crippen LogP contribution in [0.3, 0.4) is 0 Å². The largest absolute Gasteiger partial charge is 0.346 e. The lowest BCUT2D eigenvalue weighted by Crippen LogP contribution is -1.67. The smallest absolute Gasteiger partial charge is 0.144 e. The molecule has 0 saturated carbocycles. The molecule has 1 aliphatic heterocycles. The van der Waals surface area contributed by atoms with Crippen molar-refractivity contribution in [2.24, 2.45) is 0 Å². The molecule has 2 heterocycles. The van der Waals surface area contributed by atoms with Crippen LogP contribution in [-0.4, -0.2) is 16.1 Å². The molecule has 0 spiro atoms. The van der Waals surface area contributed by atoms with Gasteiger partial charge in [0.2, 0.25) is 0 Å². The molecule has 0 bridgehead atoms. The fourth-order valence-corrected chi connectivity index (χ4v) is 1.02. The average Bonchev–Trinajstić information content (AvgIpc) is 2.64. The Hall–Kier alpha value is -1.03. The van der Waals surface area contributed by atoms with E-state index in [0.29, 0.717) is 0 Å². The van der Waals surface area contributed by atoms with Gasteiger partial charge in [-0.25, -0.2) is 0 Å². The van der Waals surface area contributed by atoms with Crippen molar-refractivity contribution in [2.75, 3.05) is 5.75 Å². The SMILES string of the molecule is C1=CCSC=C1.c1conn1. The minimum Gasteiger partial charge on any atom is -0.346 e. The molecule has 2 rings (SSSR count). The molecule has 0 unspecified atom stereocenters. The lowest BCUT2D eigenvalue weighted by Gasteiger charge is -1.88. The molecular weight excluding hydrogens is 160 g/mol. The minimum absolute atomic E-state index is 1.15. The Kier molecular flexibility index (Phi) is 4.21. The molecule has 3 nitrogen and oxygen atoms in total. The molecular formula is C7H8N2OS. The molecule has 0 atom stereocenters. The van der Waals surface area contributed by atoms with Crippen LogP contribution < -0.4 is 0 Å². The Morgan fingerprint density at radius 2 is 2.36 bits per heavy atom. The number of allylic oxidation sites excluding steroid dienone is 2. The minimum atomic E-state index is 1.15. The van der Waals surface area contributed by atoms with E-state index in [1.54, 1.807) is 0 Å². The molecule has 0 saturated heterocycles. The van der Waals surface area contributed by atoms with Crippen LogP contribution in [0, 0.1) is 0 Å². The first-order valence-corrected chi connectivity index (χ1v) is 4.19. The van der Waals surface area contributed by atoms with Crippen molar-refractivity contribution in [1.29, 1.82) is 0 Å². The maximum atomic E-state index is 4.22. The summed E-state index contributed by atoms with van der Waals surface area (Å²) < 4.78 is 4.22. The van der Waals surface area contributed by atoms with Crippen molar-refractivity contribution in [3.05, 3.63) is 36.1 Å². The van der Waals surface area contributed by atoms with Gasteiger partial charge < -0.3 is 4.52 Å². The predicted molar refractivity (Wildman–Crippen MR) is 45.0 cm³/mol. The summed E-state index contributed by atoms with van der Waals surface area (Å²) in [6.07, 6.45) is 9.13. The molecule has 0 N–H and O–H groups in total. The molecule has 0 aromatic carbocycles. The average molecular weight is 168 g/mol. The highest BCUT2D eigenvalue weighted by Gasteiger charge is 1.77. The van der Waals surface area contributed by atoms with Crippen LogP contribution in [-0.2, 0) is 0 Å². The fourth-order valence-electron chi connectivity index (χ4n) is 0.482. The van der Waals surface area contributed by atoms with Crippen molar-refractivity contribution >= 4 is 11.8 Å². The number of rotatable bonds is 0. The van der Waals surface area contributed by atoms with Gasteiger partial charge in [0.1, 0.15) is 6.26 Å². The van der Waals surface area contributed by atoms with E-state index in [0.717, 1.165) is 5.75 Å². The van der Waals surface area contributed by atoms with Gasteiger partial charge in [-0.2, -0.15) is 0 Å². The van der Waals surface area contributed by atoms with E-state index in [-0.39, 0.29) is 0 Å². The van der Waals surface area contributed by atoms with Gasteiger partial charge in [-0.3, -0.25) is 0 Å². The fraction of sp³-hybridized carbons (Fsp3) is 0.143. The standard InChI is InChI=1S/C5H6S.C2H2N2O/c1-2-4-6-5-3-1;1-2-5-4-3-1/h1-4H,5H2;1-2H. The van der Waals surface area contributed by atoms with E-state index in [2.05, 4.69) is 32.5 Å². The third-order valence-corrected chi connectivity index (χ3v) is 1.63. The van der Waals surface area contributed by atoms with Crippen LogP contribution in [0.15, 0.2) is 40.6 Å². The van der Waals surface area contributed by atoms with Gasteiger partial charge in [-0.1, -0.05) is 18.2 Å².